The minimum atomic E-state index is -0.322. The Morgan fingerprint density at radius 2 is 2.07 bits per heavy atom. The number of hydrogen-bond donors (Lipinski definition) is 2. The maximum atomic E-state index is 11.4. The molecule has 4 heteroatoms. The third-order valence-electron chi connectivity index (χ3n) is 2.42. The van der Waals surface area contributed by atoms with Crippen molar-refractivity contribution in [1.82, 2.24) is 5.43 Å². The van der Waals surface area contributed by atoms with Gasteiger partial charge in [-0.15, -0.1) is 0 Å². The molecule has 1 aromatic rings. The van der Waals surface area contributed by atoms with Crippen LogP contribution in [-0.4, -0.2) is 23.3 Å². The molecular formula is C11H12N2O2. The van der Waals surface area contributed by atoms with Crippen molar-refractivity contribution in [1.29, 1.82) is 0 Å². The molecule has 2 rings (SSSR count). The normalized spacial score (nSPS) is 19.9. The molecule has 0 saturated carbocycles. The van der Waals surface area contributed by atoms with E-state index < -0.39 is 0 Å². The summed E-state index contributed by atoms with van der Waals surface area (Å²) < 4.78 is 0. The van der Waals surface area contributed by atoms with E-state index in [0.717, 1.165) is 11.3 Å². The molecule has 0 aliphatic carbocycles. The van der Waals surface area contributed by atoms with E-state index in [-0.39, 0.29) is 18.4 Å². The van der Waals surface area contributed by atoms with Crippen LogP contribution < -0.4 is 5.43 Å². The van der Waals surface area contributed by atoms with Gasteiger partial charge in [0.2, 0.25) is 5.91 Å². The predicted octanol–water partition coefficient (Wildman–Crippen LogP) is 0.519. The lowest BCUT2D eigenvalue weighted by Gasteiger charge is -2.08. The number of nitrogens with zero attached hydrogens (tertiary/aromatic N) is 1. The second-order valence-electron chi connectivity index (χ2n) is 3.40. The fourth-order valence-corrected chi connectivity index (χ4v) is 1.67. The molecule has 0 saturated heterocycles. The van der Waals surface area contributed by atoms with Crippen molar-refractivity contribution in [3.8, 4) is 0 Å². The van der Waals surface area contributed by atoms with Gasteiger partial charge in [0, 0.05) is 6.61 Å². The van der Waals surface area contributed by atoms with Crippen LogP contribution in [0, 0.1) is 5.92 Å². The average Bonchev–Trinajstić information content (AvgIpc) is 2.63. The van der Waals surface area contributed by atoms with Gasteiger partial charge < -0.3 is 5.11 Å². The lowest BCUT2D eigenvalue weighted by atomic mass is 9.94. The molecule has 1 atom stereocenters. The number of carbonyl (C=O) groups is 1. The molecule has 78 valence electrons. The number of hydrazone groups is 1. The Kier molecular flexibility index (Phi) is 2.78. The van der Waals surface area contributed by atoms with Crippen molar-refractivity contribution in [2.24, 2.45) is 11.0 Å². The number of aliphatic hydroxyl groups is 1. The van der Waals surface area contributed by atoms with Crippen molar-refractivity contribution >= 4 is 11.6 Å². The fraction of sp³-hybridized carbons (Fsp3) is 0.273. The van der Waals surface area contributed by atoms with Gasteiger partial charge in [-0.1, -0.05) is 30.3 Å². The van der Waals surface area contributed by atoms with Gasteiger partial charge in [0.1, 0.15) is 0 Å². The van der Waals surface area contributed by atoms with E-state index in [1.807, 2.05) is 30.3 Å². The molecule has 1 amide bonds. The van der Waals surface area contributed by atoms with E-state index in [2.05, 4.69) is 10.5 Å². The number of aliphatic hydroxyl groups excluding tert-OH is 1. The summed E-state index contributed by atoms with van der Waals surface area (Å²) in [6.07, 6.45) is 0.416. The molecule has 4 nitrogen and oxygen atoms in total. The summed E-state index contributed by atoms with van der Waals surface area (Å²) >= 11 is 0. The molecule has 0 spiro atoms. The van der Waals surface area contributed by atoms with Gasteiger partial charge in [0.15, 0.2) is 0 Å². The first-order valence-corrected chi connectivity index (χ1v) is 4.86. The van der Waals surface area contributed by atoms with Crippen molar-refractivity contribution in [2.45, 2.75) is 6.42 Å². The van der Waals surface area contributed by atoms with Crippen LogP contribution in [0.5, 0.6) is 0 Å². The summed E-state index contributed by atoms with van der Waals surface area (Å²) in [6, 6.07) is 9.52. The topological polar surface area (TPSA) is 61.7 Å². The number of amides is 1. The van der Waals surface area contributed by atoms with Gasteiger partial charge in [-0.3, -0.25) is 4.79 Å². The van der Waals surface area contributed by atoms with Gasteiger partial charge in [-0.25, -0.2) is 5.43 Å². The van der Waals surface area contributed by atoms with E-state index in [1.54, 1.807) is 0 Å². The van der Waals surface area contributed by atoms with Crippen LogP contribution >= 0.6 is 0 Å². The minimum Gasteiger partial charge on any atom is -0.396 e. The summed E-state index contributed by atoms with van der Waals surface area (Å²) in [4.78, 5) is 11.4. The monoisotopic (exact) mass is 204 g/mol. The highest BCUT2D eigenvalue weighted by molar-refractivity contribution is 6.16. The molecule has 2 N–H and O–H groups in total. The third-order valence-corrected chi connectivity index (χ3v) is 2.42. The molecule has 0 fully saturated rings. The SMILES string of the molecule is O=C1NN=C(c2ccccc2)C1CCO. The summed E-state index contributed by atoms with van der Waals surface area (Å²) in [5.74, 6) is -0.458. The zero-order valence-corrected chi connectivity index (χ0v) is 8.18. The predicted molar refractivity (Wildman–Crippen MR) is 56.3 cm³/mol. The van der Waals surface area contributed by atoms with Crippen LogP contribution in [0.25, 0.3) is 0 Å². The maximum Gasteiger partial charge on any atom is 0.249 e. The molecule has 0 aromatic heterocycles. The van der Waals surface area contributed by atoms with E-state index in [9.17, 15) is 4.79 Å². The summed E-state index contributed by atoms with van der Waals surface area (Å²) in [5, 5.41) is 12.9. The van der Waals surface area contributed by atoms with Crippen LogP contribution in [0.4, 0.5) is 0 Å². The van der Waals surface area contributed by atoms with Crippen LogP contribution in [-0.2, 0) is 4.79 Å². The molecule has 0 bridgehead atoms. The molecule has 1 unspecified atom stereocenters. The Bertz CT molecular complexity index is 387. The lowest BCUT2D eigenvalue weighted by Crippen LogP contribution is -2.24. The highest BCUT2D eigenvalue weighted by Gasteiger charge is 2.29. The molecule has 1 aliphatic heterocycles. The van der Waals surface area contributed by atoms with Crippen LogP contribution in [0.3, 0.4) is 0 Å². The number of nitrogens with one attached hydrogen (secondary N) is 1. The van der Waals surface area contributed by atoms with Gasteiger partial charge in [-0.2, -0.15) is 5.10 Å². The van der Waals surface area contributed by atoms with Crippen molar-refractivity contribution < 1.29 is 9.90 Å². The minimum absolute atomic E-state index is 0.00998. The largest absolute Gasteiger partial charge is 0.396 e. The molecule has 1 heterocycles. The van der Waals surface area contributed by atoms with E-state index in [4.69, 9.17) is 5.11 Å². The Balaban J connectivity index is 2.26. The maximum absolute atomic E-state index is 11.4. The first-order chi connectivity index (χ1) is 7.33. The Labute approximate surface area is 87.6 Å². The second-order valence-corrected chi connectivity index (χ2v) is 3.40. The number of carbonyl (C=O) groups excluding carboxylic acids is 1. The molecule has 1 aliphatic rings. The van der Waals surface area contributed by atoms with Crippen molar-refractivity contribution in [3.05, 3.63) is 35.9 Å². The van der Waals surface area contributed by atoms with Gasteiger partial charge >= 0.3 is 0 Å². The summed E-state index contributed by atoms with van der Waals surface area (Å²) in [7, 11) is 0. The first kappa shape index (κ1) is 9.86. The highest BCUT2D eigenvalue weighted by Crippen LogP contribution is 2.17. The first-order valence-electron chi connectivity index (χ1n) is 4.86. The van der Waals surface area contributed by atoms with Crippen LogP contribution in [0.15, 0.2) is 35.4 Å². The van der Waals surface area contributed by atoms with Gasteiger partial charge in [0.25, 0.3) is 0 Å². The zero-order chi connectivity index (χ0) is 10.7. The quantitative estimate of drug-likeness (QED) is 0.754. The fourth-order valence-electron chi connectivity index (χ4n) is 1.67. The van der Waals surface area contributed by atoms with Crippen LogP contribution in [0.2, 0.25) is 0 Å². The Morgan fingerprint density at radius 1 is 1.33 bits per heavy atom. The average molecular weight is 204 g/mol. The molecule has 15 heavy (non-hydrogen) atoms. The summed E-state index contributed by atoms with van der Waals surface area (Å²) in [5.41, 5.74) is 4.08. The standard InChI is InChI=1S/C11H12N2O2/c14-7-6-9-10(12-13-11(9)15)8-4-2-1-3-5-8/h1-5,9,14H,6-7H2,(H,13,15). The van der Waals surface area contributed by atoms with E-state index in [1.165, 1.54) is 0 Å². The lowest BCUT2D eigenvalue weighted by molar-refractivity contribution is -0.122. The number of rotatable bonds is 3. The Morgan fingerprint density at radius 3 is 2.73 bits per heavy atom. The second kappa shape index (κ2) is 4.23. The van der Waals surface area contributed by atoms with Gasteiger partial charge in [0.05, 0.1) is 11.6 Å². The smallest absolute Gasteiger partial charge is 0.249 e. The molecule has 1 aromatic carbocycles. The van der Waals surface area contributed by atoms with Crippen molar-refractivity contribution in [2.75, 3.05) is 6.61 Å². The zero-order valence-electron chi connectivity index (χ0n) is 8.18. The molecular weight excluding hydrogens is 192 g/mol. The number of benzene rings is 1. The Hall–Kier alpha value is -1.68. The van der Waals surface area contributed by atoms with Crippen molar-refractivity contribution in [3.63, 3.8) is 0 Å². The van der Waals surface area contributed by atoms with Crippen LogP contribution in [0.1, 0.15) is 12.0 Å². The summed E-state index contributed by atoms with van der Waals surface area (Å²) in [6.45, 7) is -0.00998. The molecule has 0 radical (unpaired) electrons. The third kappa shape index (κ3) is 1.89. The number of hydrogen-bond acceptors (Lipinski definition) is 3. The van der Waals surface area contributed by atoms with E-state index >= 15 is 0 Å². The van der Waals surface area contributed by atoms with E-state index in [0.29, 0.717) is 6.42 Å². The van der Waals surface area contributed by atoms with Gasteiger partial charge in [-0.05, 0) is 12.0 Å². The highest BCUT2D eigenvalue weighted by atomic mass is 16.3.